The number of nitrogens with one attached hydrogen (secondary N) is 2. The van der Waals surface area contributed by atoms with Gasteiger partial charge in [0.1, 0.15) is 12.3 Å². The standard InChI is InChI=1S/C28H35N5O4.C4H6O/c1-4-5-7-20-8-6-9-24-22(17-29-26(20)24)16-25(28(35)32-15-14-31(3)19(2)18-32)30-27(34)21-10-12-23(13-11-21)33(36)37;5-3-4-1-2-4/h6,8-13,17,19,25,29H,4-5,7,14-16,18H2,1-3H3,(H,30,34);3-4H,1-2H2. The topological polar surface area (TPSA) is 129 Å². The number of aldehydes is 1. The summed E-state index contributed by atoms with van der Waals surface area (Å²) >= 11 is 0. The summed E-state index contributed by atoms with van der Waals surface area (Å²) in [7, 11) is 2.04. The Bertz CT molecular complexity index is 1400. The molecule has 1 aliphatic heterocycles. The minimum Gasteiger partial charge on any atom is -0.361 e. The average Bonchev–Trinajstić information content (AvgIpc) is 3.76. The largest absolute Gasteiger partial charge is 0.361 e. The molecule has 5 rings (SSSR count). The molecule has 2 unspecified atom stereocenters. The van der Waals surface area contributed by atoms with Crippen molar-refractivity contribution in [1.29, 1.82) is 0 Å². The highest BCUT2D eigenvalue weighted by Gasteiger charge is 2.31. The number of rotatable bonds is 10. The number of hydrogen-bond donors (Lipinski definition) is 2. The molecule has 1 aromatic heterocycles. The van der Waals surface area contributed by atoms with Crippen LogP contribution in [-0.2, 0) is 22.4 Å². The van der Waals surface area contributed by atoms with Crippen molar-refractivity contribution < 1.29 is 19.3 Å². The van der Waals surface area contributed by atoms with E-state index in [0.29, 0.717) is 25.4 Å². The van der Waals surface area contributed by atoms with Crippen molar-refractivity contribution in [2.45, 2.75) is 64.5 Å². The van der Waals surface area contributed by atoms with Gasteiger partial charge in [-0.25, -0.2) is 0 Å². The Balaban J connectivity index is 0.000000732. The molecule has 2 aliphatic rings. The zero-order valence-electron chi connectivity index (χ0n) is 24.7. The fourth-order valence-corrected chi connectivity index (χ4v) is 5.12. The molecule has 2 amide bonds. The van der Waals surface area contributed by atoms with Crippen molar-refractivity contribution in [3.63, 3.8) is 0 Å². The lowest BCUT2D eigenvalue weighted by Gasteiger charge is -2.39. The molecule has 0 bridgehead atoms. The zero-order valence-corrected chi connectivity index (χ0v) is 24.7. The van der Waals surface area contributed by atoms with E-state index in [1.807, 2.05) is 30.3 Å². The SMILES string of the molecule is CCCCc1cccc2c(CC(NC(=O)c3ccc([N+](=O)[O-])cc3)C(=O)N3CCN(C)C(C)C3)c[nH]c12.O=CC1CC1. The molecule has 2 N–H and O–H groups in total. The van der Waals surface area contributed by atoms with Gasteiger partial charge >= 0.3 is 0 Å². The first-order valence-electron chi connectivity index (χ1n) is 14.8. The number of para-hydroxylation sites is 1. The number of piperazine rings is 1. The van der Waals surface area contributed by atoms with Gasteiger partial charge in [0, 0.05) is 72.8 Å². The van der Waals surface area contributed by atoms with Gasteiger partial charge in [-0.05, 0) is 62.9 Å². The van der Waals surface area contributed by atoms with E-state index in [1.54, 1.807) is 0 Å². The number of fused-ring (bicyclic) bond motifs is 1. The minimum atomic E-state index is -0.767. The van der Waals surface area contributed by atoms with Crippen LogP contribution >= 0.6 is 0 Å². The summed E-state index contributed by atoms with van der Waals surface area (Å²) in [6.07, 6.45) is 8.78. The second-order valence-electron chi connectivity index (χ2n) is 11.4. The maximum atomic E-state index is 13.7. The average molecular weight is 576 g/mol. The summed E-state index contributed by atoms with van der Waals surface area (Å²) < 4.78 is 0. The summed E-state index contributed by atoms with van der Waals surface area (Å²) in [5, 5.41) is 15.0. The van der Waals surface area contributed by atoms with E-state index in [1.165, 1.54) is 29.8 Å². The number of hydrogen-bond acceptors (Lipinski definition) is 6. The van der Waals surface area contributed by atoms with Gasteiger partial charge in [-0.1, -0.05) is 31.5 Å². The van der Waals surface area contributed by atoms with Crippen LogP contribution in [0.2, 0.25) is 0 Å². The van der Waals surface area contributed by atoms with Crippen molar-refractivity contribution in [1.82, 2.24) is 20.1 Å². The molecule has 1 aliphatic carbocycles. The number of unbranched alkanes of at least 4 members (excludes halogenated alkanes) is 1. The first-order valence-corrected chi connectivity index (χ1v) is 14.8. The van der Waals surface area contributed by atoms with E-state index in [9.17, 15) is 24.5 Å². The van der Waals surface area contributed by atoms with E-state index < -0.39 is 16.9 Å². The second kappa shape index (κ2) is 14.2. The molecule has 3 aromatic rings. The number of non-ortho nitro benzene ring substituents is 1. The summed E-state index contributed by atoms with van der Waals surface area (Å²) in [6.45, 7) is 6.21. The molecule has 10 heteroatoms. The predicted octanol–water partition coefficient (Wildman–Crippen LogP) is 4.52. The van der Waals surface area contributed by atoms with E-state index >= 15 is 0 Å². The van der Waals surface area contributed by atoms with Crippen LogP contribution in [0.4, 0.5) is 5.69 Å². The molecule has 2 atom stereocenters. The van der Waals surface area contributed by atoms with Gasteiger partial charge in [0.2, 0.25) is 5.91 Å². The highest BCUT2D eigenvalue weighted by molar-refractivity contribution is 5.98. The smallest absolute Gasteiger partial charge is 0.269 e. The van der Waals surface area contributed by atoms with Gasteiger partial charge in [-0.3, -0.25) is 19.7 Å². The van der Waals surface area contributed by atoms with Crippen LogP contribution in [0.5, 0.6) is 0 Å². The fraction of sp³-hybridized carbons (Fsp3) is 0.469. The van der Waals surface area contributed by atoms with Crippen molar-refractivity contribution >= 4 is 34.7 Å². The zero-order chi connectivity index (χ0) is 30.2. The molecule has 2 aromatic carbocycles. The van der Waals surface area contributed by atoms with E-state index in [2.05, 4.69) is 35.1 Å². The van der Waals surface area contributed by atoms with Crippen molar-refractivity contribution in [3.05, 3.63) is 75.5 Å². The number of nitro groups is 1. The number of carbonyl (C=O) groups excluding carboxylic acids is 3. The number of aryl methyl sites for hydroxylation is 1. The van der Waals surface area contributed by atoms with Crippen LogP contribution in [0.15, 0.2) is 48.7 Å². The second-order valence-corrected chi connectivity index (χ2v) is 11.4. The van der Waals surface area contributed by atoms with Crippen molar-refractivity contribution in [3.8, 4) is 0 Å². The third-order valence-electron chi connectivity index (χ3n) is 8.14. The van der Waals surface area contributed by atoms with E-state index in [0.717, 1.165) is 61.4 Å². The monoisotopic (exact) mass is 575 g/mol. The number of aromatic amines is 1. The lowest BCUT2D eigenvalue weighted by Crippen LogP contribution is -2.57. The maximum Gasteiger partial charge on any atom is 0.269 e. The molecular formula is C32H41N5O5. The number of carbonyl (C=O) groups is 3. The van der Waals surface area contributed by atoms with Gasteiger partial charge in [-0.2, -0.15) is 0 Å². The lowest BCUT2D eigenvalue weighted by atomic mass is 9.99. The maximum absolute atomic E-state index is 13.7. The molecule has 0 spiro atoms. The van der Waals surface area contributed by atoms with Crippen LogP contribution in [0.25, 0.3) is 10.9 Å². The highest BCUT2D eigenvalue weighted by Crippen LogP contribution is 2.26. The normalized spacial score (nSPS) is 17.7. The number of benzene rings is 2. The van der Waals surface area contributed by atoms with Gasteiger partial charge in [0.15, 0.2) is 0 Å². The number of nitro benzene ring substituents is 1. The first kappa shape index (κ1) is 30.9. The molecule has 2 fully saturated rings. The van der Waals surface area contributed by atoms with Crippen LogP contribution in [-0.4, -0.2) is 76.6 Å². The Hall–Kier alpha value is -4.05. The minimum absolute atomic E-state index is 0.0896. The Morgan fingerprint density at radius 1 is 1.14 bits per heavy atom. The molecule has 1 saturated carbocycles. The third-order valence-corrected chi connectivity index (χ3v) is 8.14. The summed E-state index contributed by atoms with van der Waals surface area (Å²) in [5.41, 5.74) is 3.48. The molecular weight excluding hydrogens is 534 g/mol. The van der Waals surface area contributed by atoms with Gasteiger partial charge in [0.05, 0.1) is 4.92 Å². The number of likely N-dealkylation sites (N-methyl/N-ethyl adjacent to an activating group) is 1. The van der Waals surface area contributed by atoms with Crippen LogP contribution < -0.4 is 5.32 Å². The van der Waals surface area contributed by atoms with Crippen molar-refractivity contribution in [2.24, 2.45) is 5.92 Å². The molecule has 10 nitrogen and oxygen atoms in total. The molecule has 1 saturated heterocycles. The molecule has 0 radical (unpaired) electrons. The number of amides is 2. The van der Waals surface area contributed by atoms with Crippen LogP contribution in [0.1, 0.15) is 61.0 Å². The van der Waals surface area contributed by atoms with Crippen LogP contribution in [0.3, 0.4) is 0 Å². The number of H-pyrrole nitrogens is 1. The number of nitrogens with zero attached hydrogens (tertiary/aromatic N) is 3. The van der Waals surface area contributed by atoms with E-state index in [-0.39, 0.29) is 23.2 Å². The summed E-state index contributed by atoms with van der Waals surface area (Å²) in [6, 6.07) is 11.1. The van der Waals surface area contributed by atoms with E-state index in [4.69, 9.17) is 0 Å². The van der Waals surface area contributed by atoms with Gasteiger partial charge in [0.25, 0.3) is 11.6 Å². The Morgan fingerprint density at radius 2 is 1.88 bits per heavy atom. The fourth-order valence-electron chi connectivity index (χ4n) is 5.12. The Kier molecular flexibility index (Phi) is 10.5. The van der Waals surface area contributed by atoms with Crippen LogP contribution in [0, 0.1) is 16.0 Å². The Labute approximate surface area is 246 Å². The summed E-state index contributed by atoms with van der Waals surface area (Å²) in [5.74, 6) is -0.0967. The van der Waals surface area contributed by atoms with Crippen molar-refractivity contribution in [2.75, 3.05) is 26.7 Å². The molecule has 2 heterocycles. The van der Waals surface area contributed by atoms with Gasteiger partial charge < -0.3 is 24.9 Å². The molecule has 42 heavy (non-hydrogen) atoms. The third kappa shape index (κ3) is 7.82. The predicted molar refractivity (Wildman–Crippen MR) is 162 cm³/mol. The highest BCUT2D eigenvalue weighted by atomic mass is 16.6. The Morgan fingerprint density at radius 3 is 2.48 bits per heavy atom. The molecule has 224 valence electrons. The summed E-state index contributed by atoms with van der Waals surface area (Å²) in [4.78, 5) is 54.3. The van der Waals surface area contributed by atoms with Gasteiger partial charge in [-0.15, -0.1) is 0 Å². The first-order chi connectivity index (χ1) is 20.2. The lowest BCUT2D eigenvalue weighted by molar-refractivity contribution is -0.384. The quantitative estimate of drug-likeness (QED) is 0.208. The number of aromatic nitrogens is 1.